The lowest BCUT2D eigenvalue weighted by atomic mass is 10.1. The van der Waals surface area contributed by atoms with Crippen LogP contribution in [0.5, 0.6) is 5.75 Å². The van der Waals surface area contributed by atoms with Gasteiger partial charge in [-0.05, 0) is 62.4 Å². The van der Waals surface area contributed by atoms with Crippen LogP contribution < -0.4 is 21.3 Å². The number of hydrogen-bond donors (Lipinski definition) is 3. The van der Waals surface area contributed by atoms with Crippen LogP contribution in [0, 0.1) is 0 Å². The molecule has 0 amide bonds. The van der Waals surface area contributed by atoms with Crippen molar-refractivity contribution in [2.45, 2.75) is 44.2 Å². The van der Waals surface area contributed by atoms with Gasteiger partial charge in [0, 0.05) is 56.3 Å². The predicted octanol–water partition coefficient (Wildman–Crippen LogP) is 2.38. The number of para-hydroxylation sites is 1. The van der Waals surface area contributed by atoms with E-state index in [0.717, 1.165) is 75.6 Å². The molecule has 0 saturated carbocycles. The van der Waals surface area contributed by atoms with Crippen molar-refractivity contribution >= 4 is 17.5 Å². The fourth-order valence-electron chi connectivity index (χ4n) is 5.17. The molecule has 5 rings (SSSR count). The Bertz CT molecular complexity index is 1140. The minimum Gasteiger partial charge on any atom is -0.507 e. The Labute approximate surface area is 211 Å². The number of phenols is 1. The van der Waals surface area contributed by atoms with Crippen LogP contribution in [0.2, 0.25) is 0 Å². The van der Waals surface area contributed by atoms with E-state index < -0.39 is 0 Å². The van der Waals surface area contributed by atoms with Crippen molar-refractivity contribution in [2.75, 3.05) is 48.4 Å². The number of aryl methyl sites for hydroxylation is 1. The molecule has 2 aliphatic heterocycles. The zero-order chi connectivity index (χ0) is 24.9. The van der Waals surface area contributed by atoms with Crippen molar-refractivity contribution in [3.8, 4) is 17.0 Å². The van der Waals surface area contributed by atoms with Gasteiger partial charge in [-0.25, -0.2) is 9.97 Å². The first-order chi connectivity index (χ1) is 17.6. The maximum absolute atomic E-state index is 10.3. The van der Waals surface area contributed by atoms with E-state index in [-0.39, 0.29) is 5.75 Å². The van der Waals surface area contributed by atoms with Crippen LogP contribution in [0.4, 0.5) is 17.5 Å². The third-order valence-corrected chi connectivity index (χ3v) is 6.97. The maximum Gasteiger partial charge on any atom is 0.225 e. The second-order valence-corrected chi connectivity index (χ2v) is 9.46. The topological polar surface area (TPSA) is 140 Å². The molecule has 10 nitrogen and oxygen atoms in total. The van der Waals surface area contributed by atoms with Gasteiger partial charge in [-0.3, -0.25) is 0 Å². The van der Waals surface area contributed by atoms with E-state index in [2.05, 4.69) is 20.0 Å². The highest BCUT2D eigenvalue weighted by atomic mass is 16.5. The summed E-state index contributed by atoms with van der Waals surface area (Å²) >= 11 is 0. The van der Waals surface area contributed by atoms with E-state index in [1.165, 1.54) is 0 Å². The van der Waals surface area contributed by atoms with Gasteiger partial charge < -0.3 is 31.1 Å². The molecule has 3 aromatic rings. The number of piperazine rings is 1. The molecule has 0 aliphatic carbocycles. The van der Waals surface area contributed by atoms with Crippen molar-refractivity contribution in [2.24, 2.45) is 5.73 Å². The van der Waals surface area contributed by atoms with Crippen LogP contribution >= 0.6 is 0 Å². The van der Waals surface area contributed by atoms with Crippen LogP contribution in [0.25, 0.3) is 11.3 Å². The highest BCUT2D eigenvalue weighted by Crippen LogP contribution is 2.37. The van der Waals surface area contributed by atoms with Crippen LogP contribution in [-0.2, 0) is 11.2 Å². The summed E-state index contributed by atoms with van der Waals surface area (Å²) in [5.74, 6) is 1.36. The predicted molar refractivity (Wildman–Crippen MR) is 140 cm³/mol. The number of aromatic nitrogens is 4. The van der Waals surface area contributed by atoms with E-state index in [4.69, 9.17) is 26.2 Å². The molecule has 0 spiro atoms. The number of ether oxygens (including phenoxy) is 1. The molecule has 2 saturated heterocycles. The number of rotatable bonds is 10. The zero-order valence-electron chi connectivity index (χ0n) is 20.5. The highest BCUT2D eigenvalue weighted by molar-refractivity contribution is 5.74. The molecule has 0 radical (unpaired) electrons. The third-order valence-electron chi connectivity index (χ3n) is 6.97. The molecule has 2 aliphatic rings. The molecule has 2 atom stereocenters. The summed E-state index contributed by atoms with van der Waals surface area (Å²) in [7, 11) is 0. The summed E-state index contributed by atoms with van der Waals surface area (Å²) in [5, 5.41) is 18.7. The van der Waals surface area contributed by atoms with Crippen LogP contribution in [0.1, 0.15) is 31.2 Å². The lowest BCUT2D eigenvalue weighted by Gasteiger charge is -2.42. The average Bonchev–Trinajstić information content (AvgIpc) is 3.16. The second kappa shape index (κ2) is 11.0. The van der Waals surface area contributed by atoms with Crippen molar-refractivity contribution < 1.29 is 9.84 Å². The summed E-state index contributed by atoms with van der Waals surface area (Å²) in [4.78, 5) is 14.1. The lowest BCUT2D eigenvalue weighted by Crippen LogP contribution is -2.54. The minimum absolute atomic E-state index is 0.173. The molecule has 4 heterocycles. The Morgan fingerprint density at radius 1 is 1.00 bits per heavy atom. The average molecular weight is 491 g/mol. The number of aromatic hydroxyl groups is 1. The molecular weight excluding hydrogens is 456 g/mol. The van der Waals surface area contributed by atoms with Gasteiger partial charge >= 0.3 is 0 Å². The number of nitrogen functional groups attached to an aromatic ring is 1. The zero-order valence-corrected chi connectivity index (χ0v) is 20.5. The Kier molecular flexibility index (Phi) is 7.43. The van der Waals surface area contributed by atoms with Gasteiger partial charge in [-0.1, -0.05) is 12.1 Å². The van der Waals surface area contributed by atoms with Crippen LogP contribution in [-0.4, -0.2) is 70.2 Å². The Morgan fingerprint density at radius 2 is 1.72 bits per heavy atom. The van der Waals surface area contributed by atoms with E-state index >= 15 is 0 Å². The molecule has 2 fully saturated rings. The monoisotopic (exact) mass is 490 g/mol. The number of anilines is 3. The lowest BCUT2D eigenvalue weighted by molar-refractivity contribution is 0.131. The number of nitrogens with zero attached hydrogens (tertiary/aromatic N) is 6. The maximum atomic E-state index is 10.3. The third kappa shape index (κ3) is 5.19. The number of phenolic OH excluding ortho intramolecular Hbond substituents is 1. The summed E-state index contributed by atoms with van der Waals surface area (Å²) < 4.78 is 5.58. The van der Waals surface area contributed by atoms with Gasteiger partial charge in [0.2, 0.25) is 5.95 Å². The van der Waals surface area contributed by atoms with E-state index in [1.54, 1.807) is 12.1 Å². The summed E-state index contributed by atoms with van der Waals surface area (Å²) in [5.41, 5.74) is 15.0. The number of fused-ring (bicyclic) bond motifs is 2. The number of benzene rings is 1. The number of nitrogens with two attached hydrogens (primary N) is 2. The van der Waals surface area contributed by atoms with Gasteiger partial charge in [-0.15, -0.1) is 10.2 Å². The van der Waals surface area contributed by atoms with Gasteiger partial charge in [0.1, 0.15) is 5.75 Å². The van der Waals surface area contributed by atoms with Gasteiger partial charge in [0.25, 0.3) is 0 Å². The molecule has 190 valence electrons. The van der Waals surface area contributed by atoms with E-state index in [0.29, 0.717) is 35.7 Å². The molecule has 2 unspecified atom stereocenters. The molecule has 1 aromatic carbocycles. The van der Waals surface area contributed by atoms with Crippen molar-refractivity contribution in [3.63, 3.8) is 0 Å². The normalized spacial score (nSPS) is 19.1. The van der Waals surface area contributed by atoms with E-state index in [1.807, 2.05) is 30.6 Å². The van der Waals surface area contributed by atoms with Crippen molar-refractivity contribution in [1.82, 2.24) is 20.2 Å². The van der Waals surface area contributed by atoms with Gasteiger partial charge in [-0.2, -0.15) is 0 Å². The molecule has 5 N–H and O–H groups in total. The van der Waals surface area contributed by atoms with Gasteiger partial charge in [0.15, 0.2) is 5.82 Å². The quantitative estimate of drug-likeness (QED) is 0.363. The molecule has 2 bridgehead atoms. The Hall–Kier alpha value is -3.50. The molecule has 2 aromatic heterocycles. The van der Waals surface area contributed by atoms with Gasteiger partial charge in [0.05, 0.1) is 11.4 Å². The first-order valence-corrected chi connectivity index (χ1v) is 12.7. The SMILES string of the molecule is NCCCOCCCc1cnc(N2C3CCC2CN(c2cc(-c4ccccc4O)nnc2N)C3)nc1. The van der Waals surface area contributed by atoms with Crippen molar-refractivity contribution in [3.05, 3.63) is 48.3 Å². The smallest absolute Gasteiger partial charge is 0.225 e. The van der Waals surface area contributed by atoms with Crippen LogP contribution in [0.3, 0.4) is 0 Å². The first kappa shape index (κ1) is 24.2. The molecule has 10 heteroatoms. The fraction of sp³-hybridized carbons (Fsp3) is 0.462. The fourth-order valence-corrected chi connectivity index (χ4v) is 5.17. The first-order valence-electron chi connectivity index (χ1n) is 12.7. The molecular formula is C26H34N8O2. The number of hydrogen-bond acceptors (Lipinski definition) is 10. The van der Waals surface area contributed by atoms with Crippen LogP contribution in [0.15, 0.2) is 42.7 Å². The van der Waals surface area contributed by atoms with E-state index in [9.17, 15) is 5.11 Å². The minimum atomic E-state index is 0.173. The summed E-state index contributed by atoms with van der Waals surface area (Å²) in [6, 6.07) is 9.66. The van der Waals surface area contributed by atoms with Crippen molar-refractivity contribution in [1.29, 1.82) is 0 Å². The Morgan fingerprint density at radius 3 is 2.44 bits per heavy atom. The highest BCUT2D eigenvalue weighted by Gasteiger charge is 2.42. The standard InChI is InChI=1S/C26H34N8O2/c27-10-4-12-36-11-3-5-18-14-29-26(30-15-18)34-19-8-9-20(34)17-33(16-19)23-13-22(31-32-25(23)28)21-6-1-2-7-24(21)35/h1-2,6-7,13-15,19-20,35H,3-5,8-12,16-17,27H2,(H2,28,32). The largest absolute Gasteiger partial charge is 0.507 e. The second-order valence-electron chi connectivity index (χ2n) is 9.46. The molecule has 36 heavy (non-hydrogen) atoms. The Balaban J connectivity index is 1.24. The summed E-state index contributed by atoms with van der Waals surface area (Å²) in [6.45, 7) is 3.72. The summed E-state index contributed by atoms with van der Waals surface area (Å²) in [6.07, 6.45) is 8.79.